The molecule has 0 aromatic carbocycles. The molecule has 1 unspecified atom stereocenters. The van der Waals surface area contributed by atoms with Crippen LogP contribution in [0.25, 0.3) is 5.65 Å². The summed E-state index contributed by atoms with van der Waals surface area (Å²) in [6, 6.07) is 6.32. The number of nitrogens with zero attached hydrogens (tertiary/aromatic N) is 3. The fraction of sp³-hybridized carbons (Fsp3) is 0.591. The first-order chi connectivity index (χ1) is 13.6. The number of carbonyl (C=O) groups is 2. The summed E-state index contributed by atoms with van der Waals surface area (Å²) in [7, 11) is 0. The number of fused-ring (bicyclic) bond motifs is 1. The van der Waals surface area contributed by atoms with Crippen LogP contribution in [0, 0.1) is 12.8 Å². The van der Waals surface area contributed by atoms with E-state index >= 15 is 0 Å². The van der Waals surface area contributed by atoms with Crippen LogP contribution in [-0.2, 0) is 16.1 Å². The van der Waals surface area contributed by atoms with Crippen molar-refractivity contribution in [2.24, 2.45) is 5.92 Å². The monoisotopic (exact) mass is 382 g/mol. The first kappa shape index (κ1) is 19.0. The zero-order valence-corrected chi connectivity index (χ0v) is 16.7. The van der Waals surface area contributed by atoms with Crippen LogP contribution in [0.3, 0.4) is 0 Å². The zero-order chi connectivity index (χ0) is 19.5. The summed E-state index contributed by atoms with van der Waals surface area (Å²) in [5.41, 5.74) is 2.87. The van der Waals surface area contributed by atoms with Gasteiger partial charge >= 0.3 is 0 Å². The molecule has 0 bridgehead atoms. The lowest BCUT2D eigenvalue weighted by Crippen LogP contribution is -2.49. The van der Waals surface area contributed by atoms with Crippen molar-refractivity contribution in [1.82, 2.24) is 19.6 Å². The third-order valence-electron chi connectivity index (χ3n) is 6.27. The Kier molecular flexibility index (Phi) is 5.64. The number of pyridine rings is 1. The number of likely N-dealkylation sites (tertiary alicyclic amines) is 1. The first-order valence-corrected chi connectivity index (χ1v) is 10.6. The van der Waals surface area contributed by atoms with Crippen LogP contribution in [0.1, 0.15) is 62.8 Å². The van der Waals surface area contributed by atoms with Gasteiger partial charge in [-0.15, -0.1) is 0 Å². The predicted molar refractivity (Wildman–Crippen MR) is 108 cm³/mol. The van der Waals surface area contributed by atoms with Crippen LogP contribution in [-0.4, -0.2) is 38.7 Å². The Balaban J connectivity index is 1.37. The summed E-state index contributed by atoms with van der Waals surface area (Å²) in [4.78, 5) is 31.8. The topological polar surface area (TPSA) is 66.7 Å². The van der Waals surface area contributed by atoms with E-state index in [2.05, 4.69) is 10.3 Å². The number of nitrogens with one attached hydrogen (secondary N) is 1. The lowest BCUT2D eigenvalue weighted by atomic mass is 9.93. The van der Waals surface area contributed by atoms with Gasteiger partial charge in [-0.25, -0.2) is 4.98 Å². The van der Waals surface area contributed by atoms with E-state index in [4.69, 9.17) is 0 Å². The Hall–Kier alpha value is -2.37. The minimum Gasteiger partial charge on any atom is -0.350 e. The molecule has 0 spiro atoms. The smallest absolute Gasteiger partial charge is 0.225 e. The van der Waals surface area contributed by atoms with Gasteiger partial charge in [-0.05, 0) is 38.3 Å². The standard InChI is InChI=1S/C22H30N4O2/c1-16-7-6-10-20-24-18(15-25(16)20)13-23-22(28)17-11-12-21(27)26(14-17)19-8-4-2-3-5-9-19/h6-7,10,15,17,19H,2-5,8-9,11-14H2,1H3,(H,23,28). The van der Waals surface area contributed by atoms with Gasteiger partial charge in [-0.3, -0.25) is 9.59 Å². The van der Waals surface area contributed by atoms with Gasteiger partial charge in [0.25, 0.3) is 0 Å². The van der Waals surface area contributed by atoms with Gasteiger partial charge in [-0.1, -0.05) is 31.7 Å². The molecule has 6 heteroatoms. The number of piperidine rings is 1. The first-order valence-electron chi connectivity index (χ1n) is 10.6. The Labute approximate surface area is 166 Å². The molecule has 2 aromatic rings. The molecule has 2 aliphatic rings. The van der Waals surface area contributed by atoms with Gasteiger partial charge in [0.1, 0.15) is 5.65 Å². The molecule has 1 saturated carbocycles. The average molecular weight is 383 g/mol. The van der Waals surface area contributed by atoms with Gasteiger partial charge in [0.05, 0.1) is 18.2 Å². The van der Waals surface area contributed by atoms with Crippen molar-refractivity contribution in [2.75, 3.05) is 6.54 Å². The minimum absolute atomic E-state index is 0.0416. The molecule has 1 N–H and O–H groups in total. The molecule has 3 heterocycles. The molecule has 2 fully saturated rings. The van der Waals surface area contributed by atoms with Crippen LogP contribution in [0.4, 0.5) is 0 Å². The molecule has 1 saturated heterocycles. The highest BCUT2D eigenvalue weighted by atomic mass is 16.2. The molecule has 2 amide bonds. The van der Waals surface area contributed by atoms with E-state index in [1.54, 1.807) is 0 Å². The van der Waals surface area contributed by atoms with Crippen LogP contribution >= 0.6 is 0 Å². The minimum atomic E-state index is -0.111. The highest BCUT2D eigenvalue weighted by Gasteiger charge is 2.34. The number of imidazole rings is 1. The molecule has 150 valence electrons. The molecular weight excluding hydrogens is 352 g/mol. The molecule has 28 heavy (non-hydrogen) atoms. The number of hydrogen-bond donors (Lipinski definition) is 1. The predicted octanol–water partition coefficient (Wildman–Crippen LogP) is 3.22. The van der Waals surface area contributed by atoms with Crippen LogP contribution in [0.2, 0.25) is 0 Å². The maximum atomic E-state index is 12.8. The summed E-state index contributed by atoms with van der Waals surface area (Å²) in [5, 5.41) is 3.05. The summed E-state index contributed by atoms with van der Waals surface area (Å²) < 4.78 is 2.04. The number of aryl methyl sites for hydroxylation is 1. The largest absolute Gasteiger partial charge is 0.350 e. The molecule has 6 nitrogen and oxygen atoms in total. The quantitative estimate of drug-likeness (QED) is 0.826. The second-order valence-electron chi connectivity index (χ2n) is 8.27. The van der Waals surface area contributed by atoms with E-state index in [-0.39, 0.29) is 17.7 Å². The Bertz CT molecular complexity index is 851. The number of carbonyl (C=O) groups excluding carboxylic acids is 2. The van der Waals surface area contributed by atoms with Crippen molar-refractivity contribution in [2.45, 2.75) is 70.9 Å². The van der Waals surface area contributed by atoms with Gasteiger partial charge in [0, 0.05) is 30.9 Å². The van der Waals surface area contributed by atoms with Crippen molar-refractivity contribution < 1.29 is 9.59 Å². The number of aromatic nitrogens is 2. The number of hydrogen-bond acceptors (Lipinski definition) is 3. The zero-order valence-electron chi connectivity index (χ0n) is 16.7. The lowest BCUT2D eigenvalue weighted by Gasteiger charge is -2.37. The summed E-state index contributed by atoms with van der Waals surface area (Å²) in [6.45, 7) is 3.03. The van der Waals surface area contributed by atoms with Gasteiger partial charge in [0.15, 0.2) is 0 Å². The van der Waals surface area contributed by atoms with Crippen molar-refractivity contribution >= 4 is 17.5 Å². The lowest BCUT2D eigenvalue weighted by molar-refractivity contribution is -0.141. The second kappa shape index (κ2) is 8.33. The highest BCUT2D eigenvalue weighted by Crippen LogP contribution is 2.27. The molecule has 0 radical (unpaired) electrons. The van der Waals surface area contributed by atoms with E-state index in [0.29, 0.717) is 32.0 Å². The molecule has 1 aliphatic carbocycles. The second-order valence-corrected chi connectivity index (χ2v) is 8.27. The Morgan fingerprint density at radius 3 is 2.71 bits per heavy atom. The van der Waals surface area contributed by atoms with E-state index in [1.165, 1.54) is 25.7 Å². The van der Waals surface area contributed by atoms with Crippen molar-refractivity contribution in [1.29, 1.82) is 0 Å². The summed E-state index contributed by atoms with van der Waals surface area (Å²) in [6.07, 6.45) is 10.2. The van der Waals surface area contributed by atoms with Crippen molar-refractivity contribution in [3.63, 3.8) is 0 Å². The Morgan fingerprint density at radius 2 is 1.96 bits per heavy atom. The van der Waals surface area contributed by atoms with Gasteiger partial charge in [0.2, 0.25) is 11.8 Å². The average Bonchev–Trinajstić information content (AvgIpc) is 2.93. The van der Waals surface area contributed by atoms with Crippen LogP contribution in [0.5, 0.6) is 0 Å². The van der Waals surface area contributed by atoms with Crippen molar-refractivity contribution in [3.8, 4) is 0 Å². The van der Waals surface area contributed by atoms with E-state index in [0.717, 1.165) is 29.9 Å². The summed E-state index contributed by atoms with van der Waals surface area (Å²) >= 11 is 0. The normalized spacial score (nSPS) is 21.7. The number of rotatable bonds is 4. The maximum absolute atomic E-state index is 12.8. The third kappa shape index (κ3) is 4.05. The van der Waals surface area contributed by atoms with Gasteiger partial charge in [-0.2, -0.15) is 0 Å². The SMILES string of the molecule is Cc1cccc2nc(CNC(=O)C3CCC(=O)N(C4CCCCCC4)C3)cn12. The maximum Gasteiger partial charge on any atom is 0.225 e. The fourth-order valence-electron chi connectivity index (χ4n) is 4.61. The van der Waals surface area contributed by atoms with E-state index in [9.17, 15) is 9.59 Å². The van der Waals surface area contributed by atoms with Gasteiger partial charge < -0.3 is 14.6 Å². The third-order valence-corrected chi connectivity index (χ3v) is 6.27. The molecule has 1 aliphatic heterocycles. The molecule has 4 rings (SSSR count). The van der Waals surface area contributed by atoms with Crippen LogP contribution in [0.15, 0.2) is 24.4 Å². The Morgan fingerprint density at radius 1 is 1.18 bits per heavy atom. The molecule has 1 atom stereocenters. The highest BCUT2D eigenvalue weighted by molar-refractivity contribution is 5.84. The number of amides is 2. The van der Waals surface area contributed by atoms with Crippen molar-refractivity contribution in [3.05, 3.63) is 35.8 Å². The fourth-order valence-corrected chi connectivity index (χ4v) is 4.61. The molecule has 2 aromatic heterocycles. The molecular formula is C22H30N4O2. The summed E-state index contributed by atoms with van der Waals surface area (Å²) in [5.74, 6) is 0.159. The van der Waals surface area contributed by atoms with E-state index in [1.807, 2.05) is 40.6 Å². The van der Waals surface area contributed by atoms with E-state index < -0.39 is 0 Å². The van der Waals surface area contributed by atoms with Crippen LogP contribution < -0.4 is 5.32 Å².